The minimum Gasteiger partial charge on any atom is -0.379 e. The van der Waals surface area contributed by atoms with E-state index in [1.54, 1.807) is 29.2 Å². The maximum atomic E-state index is 13.3. The summed E-state index contributed by atoms with van der Waals surface area (Å²) in [5.74, 6) is -0.119. The van der Waals surface area contributed by atoms with Crippen molar-refractivity contribution in [2.75, 3.05) is 44.3 Å². The Morgan fingerprint density at radius 1 is 1.07 bits per heavy atom. The van der Waals surface area contributed by atoms with Gasteiger partial charge in [0, 0.05) is 37.3 Å². The molecule has 0 radical (unpaired) electrons. The Morgan fingerprint density at radius 3 is 2.45 bits per heavy atom. The maximum Gasteiger partial charge on any atom is 0.260 e. The monoisotopic (exact) mass is 409 g/mol. The van der Waals surface area contributed by atoms with Gasteiger partial charge in [0.2, 0.25) is 0 Å². The molecule has 3 aromatic rings. The Morgan fingerprint density at radius 2 is 1.76 bits per heavy atom. The van der Waals surface area contributed by atoms with Crippen molar-refractivity contribution in [3.8, 4) is 0 Å². The van der Waals surface area contributed by atoms with Crippen LogP contribution in [0.15, 0.2) is 48.5 Å². The van der Waals surface area contributed by atoms with Crippen molar-refractivity contribution in [3.63, 3.8) is 0 Å². The quantitative estimate of drug-likeness (QED) is 0.584. The maximum absolute atomic E-state index is 13.3. The van der Waals surface area contributed by atoms with Crippen molar-refractivity contribution in [2.45, 2.75) is 6.92 Å². The predicted octanol–water partition coefficient (Wildman–Crippen LogP) is 3.48. The third-order valence-electron chi connectivity index (χ3n) is 5.04. The van der Waals surface area contributed by atoms with Gasteiger partial charge in [-0.3, -0.25) is 19.4 Å². The van der Waals surface area contributed by atoms with E-state index in [1.165, 1.54) is 18.3 Å². The van der Waals surface area contributed by atoms with Crippen LogP contribution in [0.5, 0.6) is 0 Å². The first-order valence-corrected chi connectivity index (χ1v) is 10.5. The number of anilines is 1. The molecule has 0 N–H and O–H groups in total. The van der Waals surface area contributed by atoms with Crippen LogP contribution in [-0.2, 0) is 4.74 Å². The third kappa shape index (κ3) is 4.53. The molecule has 2 heterocycles. The number of thiazole rings is 1. The molecule has 0 spiro atoms. The summed E-state index contributed by atoms with van der Waals surface area (Å²) in [5, 5.41) is 0.695. The molecule has 6 nitrogen and oxygen atoms in total. The van der Waals surface area contributed by atoms with Gasteiger partial charge in [0.05, 0.1) is 23.4 Å². The van der Waals surface area contributed by atoms with Crippen LogP contribution in [0.4, 0.5) is 5.13 Å². The summed E-state index contributed by atoms with van der Waals surface area (Å²) in [6.07, 6.45) is 0. The molecule has 1 aromatic heterocycles. The molecular weight excluding hydrogens is 386 g/mol. The van der Waals surface area contributed by atoms with Crippen molar-refractivity contribution in [3.05, 3.63) is 59.7 Å². The molecule has 1 fully saturated rings. The molecule has 7 heteroatoms. The van der Waals surface area contributed by atoms with E-state index in [9.17, 15) is 9.59 Å². The Kier molecular flexibility index (Phi) is 5.99. The van der Waals surface area contributed by atoms with Gasteiger partial charge in [-0.05, 0) is 31.2 Å². The van der Waals surface area contributed by atoms with Crippen molar-refractivity contribution < 1.29 is 14.3 Å². The van der Waals surface area contributed by atoms with E-state index in [1.807, 2.05) is 24.3 Å². The molecule has 0 saturated carbocycles. The number of hydrogen-bond acceptors (Lipinski definition) is 6. The number of carbonyl (C=O) groups is 2. The zero-order chi connectivity index (χ0) is 20.2. The Hall–Kier alpha value is -2.61. The van der Waals surface area contributed by atoms with Crippen LogP contribution in [0.2, 0.25) is 0 Å². The summed E-state index contributed by atoms with van der Waals surface area (Å²) in [5.41, 5.74) is 2.04. The number of ketones is 1. The van der Waals surface area contributed by atoms with Crippen LogP contribution in [0.3, 0.4) is 0 Å². The second-order valence-electron chi connectivity index (χ2n) is 7.01. The smallest absolute Gasteiger partial charge is 0.260 e. The SMILES string of the molecule is CC(=O)c1ccc(C(=O)N(CCN2CCOCC2)c2nc3ccccc3s2)cc1. The third-order valence-corrected chi connectivity index (χ3v) is 6.10. The number of Topliss-reactive ketones (excluding diaryl/α,β-unsaturated/α-hetero) is 1. The van der Waals surface area contributed by atoms with Gasteiger partial charge in [-0.15, -0.1) is 0 Å². The van der Waals surface area contributed by atoms with E-state index in [2.05, 4.69) is 4.90 Å². The van der Waals surface area contributed by atoms with E-state index < -0.39 is 0 Å². The highest BCUT2D eigenvalue weighted by Crippen LogP contribution is 2.29. The summed E-state index contributed by atoms with van der Waals surface area (Å²) >= 11 is 1.52. The van der Waals surface area contributed by atoms with Gasteiger partial charge in [0.1, 0.15) is 0 Å². The largest absolute Gasteiger partial charge is 0.379 e. The van der Waals surface area contributed by atoms with E-state index in [4.69, 9.17) is 9.72 Å². The molecular formula is C22H23N3O3S. The highest BCUT2D eigenvalue weighted by Gasteiger charge is 2.23. The number of amides is 1. The molecule has 1 aliphatic rings. The van der Waals surface area contributed by atoms with Gasteiger partial charge in [0.25, 0.3) is 5.91 Å². The van der Waals surface area contributed by atoms with Gasteiger partial charge < -0.3 is 4.74 Å². The normalized spacial score (nSPS) is 14.8. The lowest BCUT2D eigenvalue weighted by atomic mass is 10.1. The van der Waals surface area contributed by atoms with Gasteiger partial charge in [0.15, 0.2) is 10.9 Å². The predicted molar refractivity (Wildman–Crippen MR) is 115 cm³/mol. The zero-order valence-electron chi connectivity index (χ0n) is 16.3. The van der Waals surface area contributed by atoms with E-state index in [0.717, 1.165) is 43.1 Å². The zero-order valence-corrected chi connectivity index (χ0v) is 17.2. The standard InChI is InChI=1S/C22H23N3O3S/c1-16(26)17-6-8-18(9-7-17)21(27)25(11-10-24-12-14-28-15-13-24)22-23-19-4-2-3-5-20(19)29-22/h2-9H,10-15H2,1H3. The summed E-state index contributed by atoms with van der Waals surface area (Å²) in [6, 6.07) is 14.7. The lowest BCUT2D eigenvalue weighted by Crippen LogP contribution is -2.43. The molecule has 29 heavy (non-hydrogen) atoms. The minimum atomic E-state index is -0.104. The molecule has 1 amide bonds. The molecule has 0 aliphatic carbocycles. The summed E-state index contributed by atoms with van der Waals surface area (Å²) in [7, 11) is 0. The second kappa shape index (κ2) is 8.82. The van der Waals surface area contributed by atoms with E-state index in [-0.39, 0.29) is 11.7 Å². The van der Waals surface area contributed by atoms with Crippen LogP contribution in [0, 0.1) is 0 Å². The first-order chi connectivity index (χ1) is 14.1. The fourth-order valence-electron chi connectivity index (χ4n) is 3.33. The Balaban J connectivity index is 1.60. The van der Waals surface area contributed by atoms with Crippen LogP contribution >= 0.6 is 11.3 Å². The van der Waals surface area contributed by atoms with Gasteiger partial charge in [-0.1, -0.05) is 35.6 Å². The summed E-state index contributed by atoms with van der Waals surface area (Å²) in [6.45, 7) is 6.02. The van der Waals surface area contributed by atoms with Gasteiger partial charge in [-0.25, -0.2) is 4.98 Å². The minimum absolute atomic E-state index is 0.0145. The number of hydrogen-bond donors (Lipinski definition) is 0. The van der Waals surface area contributed by atoms with Crippen molar-refractivity contribution in [2.24, 2.45) is 0 Å². The van der Waals surface area contributed by atoms with Crippen LogP contribution < -0.4 is 4.90 Å². The fourth-order valence-corrected chi connectivity index (χ4v) is 4.32. The molecule has 2 aromatic carbocycles. The number of carbonyl (C=O) groups excluding carboxylic acids is 2. The number of rotatable bonds is 6. The fraction of sp³-hybridized carbons (Fsp3) is 0.318. The van der Waals surface area contributed by atoms with Crippen LogP contribution in [0.25, 0.3) is 10.2 Å². The number of nitrogens with zero attached hydrogens (tertiary/aromatic N) is 3. The number of fused-ring (bicyclic) bond motifs is 1. The van der Waals surface area contributed by atoms with Gasteiger partial charge >= 0.3 is 0 Å². The highest BCUT2D eigenvalue weighted by molar-refractivity contribution is 7.22. The second-order valence-corrected chi connectivity index (χ2v) is 8.02. The highest BCUT2D eigenvalue weighted by atomic mass is 32.1. The van der Waals surface area contributed by atoms with Gasteiger partial charge in [-0.2, -0.15) is 0 Å². The van der Waals surface area contributed by atoms with Crippen molar-refractivity contribution in [1.29, 1.82) is 0 Å². The first kappa shape index (κ1) is 19.7. The van der Waals surface area contributed by atoms with E-state index >= 15 is 0 Å². The number of benzene rings is 2. The van der Waals surface area contributed by atoms with Crippen molar-refractivity contribution >= 4 is 38.4 Å². The molecule has 1 saturated heterocycles. The van der Waals surface area contributed by atoms with Crippen molar-refractivity contribution in [1.82, 2.24) is 9.88 Å². The number of ether oxygens (including phenoxy) is 1. The molecule has 150 valence electrons. The lowest BCUT2D eigenvalue weighted by molar-refractivity contribution is 0.0391. The summed E-state index contributed by atoms with van der Waals surface area (Å²) < 4.78 is 6.47. The average molecular weight is 410 g/mol. The average Bonchev–Trinajstić information content (AvgIpc) is 3.18. The number of morpholine rings is 1. The molecule has 0 atom stereocenters. The molecule has 4 rings (SSSR count). The van der Waals surface area contributed by atoms with Crippen LogP contribution in [0.1, 0.15) is 27.6 Å². The summed E-state index contributed by atoms with van der Waals surface area (Å²) in [4.78, 5) is 33.6. The molecule has 1 aliphatic heterocycles. The molecule has 0 unspecified atom stereocenters. The first-order valence-electron chi connectivity index (χ1n) is 9.70. The lowest BCUT2D eigenvalue weighted by Gasteiger charge is -2.29. The Labute approximate surface area is 173 Å². The number of aromatic nitrogens is 1. The number of para-hydroxylation sites is 1. The van der Waals surface area contributed by atoms with E-state index in [0.29, 0.717) is 22.8 Å². The topological polar surface area (TPSA) is 62.7 Å². The Bertz CT molecular complexity index is 977. The molecule has 0 bridgehead atoms. The van der Waals surface area contributed by atoms with Crippen LogP contribution in [-0.4, -0.2) is 61.0 Å².